The largest absolute Gasteiger partial charge is 0.316 e. The summed E-state index contributed by atoms with van der Waals surface area (Å²) in [7, 11) is 0. The number of fused-ring (bicyclic) bond motifs is 1. The first kappa shape index (κ1) is 13.0. The summed E-state index contributed by atoms with van der Waals surface area (Å²) in [6.07, 6.45) is 0. The van der Waals surface area contributed by atoms with Gasteiger partial charge in [-0.1, -0.05) is 41.7 Å². The van der Waals surface area contributed by atoms with Gasteiger partial charge in [-0.15, -0.1) is 0 Å². The average molecular weight is 306 g/mol. The van der Waals surface area contributed by atoms with E-state index in [-0.39, 0.29) is 0 Å². The molecule has 0 bridgehead atoms. The number of hydrogen-bond acceptors (Lipinski definition) is 4. The maximum Gasteiger partial charge on any atom is 0.189 e. The number of benzene rings is 2. The van der Waals surface area contributed by atoms with E-state index < -0.39 is 0 Å². The minimum absolute atomic E-state index is 0.873. The third kappa shape index (κ3) is 2.35. The van der Waals surface area contributed by atoms with Crippen molar-refractivity contribution >= 4 is 32.5 Å². The van der Waals surface area contributed by atoms with Crippen molar-refractivity contribution in [3.05, 3.63) is 66.4 Å². The Morgan fingerprint density at radius 2 is 1.77 bits per heavy atom. The summed E-state index contributed by atoms with van der Waals surface area (Å²) >= 11 is 1.64. The summed E-state index contributed by atoms with van der Waals surface area (Å²) < 4.78 is 3.08. The monoisotopic (exact) mass is 306 g/mol. The first-order valence-corrected chi connectivity index (χ1v) is 7.86. The van der Waals surface area contributed by atoms with Crippen LogP contribution in [0.2, 0.25) is 0 Å². The fourth-order valence-electron chi connectivity index (χ4n) is 2.39. The van der Waals surface area contributed by atoms with Crippen LogP contribution >= 0.6 is 11.3 Å². The van der Waals surface area contributed by atoms with Gasteiger partial charge in [0.15, 0.2) is 5.13 Å². The molecule has 2 heterocycles. The lowest BCUT2D eigenvalue weighted by Crippen LogP contribution is -2.02. The number of anilines is 2. The zero-order valence-electron chi connectivity index (χ0n) is 12.0. The van der Waals surface area contributed by atoms with Crippen LogP contribution in [0.1, 0.15) is 5.69 Å². The second-order valence-corrected chi connectivity index (χ2v) is 6.06. The highest BCUT2D eigenvalue weighted by atomic mass is 32.1. The van der Waals surface area contributed by atoms with E-state index in [0.717, 1.165) is 27.8 Å². The third-order valence-electron chi connectivity index (χ3n) is 3.36. The van der Waals surface area contributed by atoms with Crippen LogP contribution in [-0.4, -0.2) is 14.8 Å². The number of thiazole rings is 1. The van der Waals surface area contributed by atoms with Crippen molar-refractivity contribution < 1.29 is 0 Å². The number of aromatic nitrogens is 3. The molecule has 108 valence electrons. The molecular weight excluding hydrogens is 292 g/mol. The molecule has 0 fully saturated rings. The number of nitrogens with zero attached hydrogens (tertiary/aromatic N) is 3. The van der Waals surface area contributed by atoms with Crippen LogP contribution in [0.4, 0.5) is 10.9 Å². The van der Waals surface area contributed by atoms with Gasteiger partial charge in [0.1, 0.15) is 5.82 Å². The van der Waals surface area contributed by atoms with Crippen molar-refractivity contribution in [2.45, 2.75) is 6.92 Å². The zero-order valence-corrected chi connectivity index (χ0v) is 12.8. The molecule has 0 saturated heterocycles. The molecule has 0 aliphatic rings. The Kier molecular flexibility index (Phi) is 3.12. The van der Waals surface area contributed by atoms with Gasteiger partial charge in [0, 0.05) is 6.07 Å². The van der Waals surface area contributed by atoms with Crippen LogP contribution in [0, 0.1) is 6.92 Å². The predicted molar refractivity (Wildman–Crippen MR) is 91.2 cm³/mol. The number of nitrogens with one attached hydrogen (secondary N) is 1. The summed E-state index contributed by atoms with van der Waals surface area (Å²) in [6.45, 7) is 1.99. The zero-order chi connectivity index (χ0) is 14.9. The van der Waals surface area contributed by atoms with E-state index in [1.807, 2.05) is 66.2 Å². The van der Waals surface area contributed by atoms with Gasteiger partial charge >= 0.3 is 0 Å². The Balaban J connectivity index is 1.74. The molecule has 0 saturated carbocycles. The van der Waals surface area contributed by atoms with Gasteiger partial charge in [-0.2, -0.15) is 5.10 Å². The minimum Gasteiger partial charge on any atom is -0.316 e. The topological polar surface area (TPSA) is 42.7 Å². The molecule has 5 heteroatoms. The highest BCUT2D eigenvalue weighted by molar-refractivity contribution is 7.22. The van der Waals surface area contributed by atoms with Gasteiger partial charge in [-0.3, -0.25) is 0 Å². The van der Waals surface area contributed by atoms with Crippen molar-refractivity contribution in [2.75, 3.05) is 5.32 Å². The van der Waals surface area contributed by atoms with E-state index in [2.05, 4.69) is 21.5 Å². The fraction of sp³-hybridized carbons (Fsp3) is 0.0588. The van der Waals surface area contributed by atoms with Gasteiger partial charge in [-0.05, 0) is 31.2 Å². The first-order valence-electron chi connectivity index (χ1n) is 7.04. The number of rotatable bonds is 3. The Morgan fingerprint density at radius 1 is 1.00 bits per heavy atom. The van der Waals surface area contributed by atoms with E-state index in [4.69, 9.17) is 0 Å². The Morgan fingerprint density at radius 3 is 2.59 bits per heavy atom. The molecule has 4 rings (SSSR count). The second kappa shape index (κ2) is 5.27. The average Bonchev–Trinajstić information content (AvgIpc) is 3.11. The SMILES string of the molecule is Cc1cc(Nc2nc3ccccc3s2)n(-c2ccccc2)n1. The molecule has 0 radical (unpaired) electrons. The van der Waals surface area contributed by atoms with Crippen molar-refractivity contribution in [3.63, 3.8) is 0 Å². The molecule has 4 aromatic rings. The number of aryl methyl sites for hydroxylation is 1. The standard InChI is InChI=1S/C17H14N4S/c1-12-11-16(21(20-12)13-7-3-2-4-8-13)19-17-18-14-9-5-6-10-15(14)22-17/h2-11H,1H3,(H,18,19). The first-order chi connectivity index (χ1) is 10.8. The van der Waals surface area contributed by atoms with E-state index in [0.29, 0.717) is 0 Å². The highest BCUT2D eigenvalue weighted by Gasteiger charge is 2.10. The smallest absolute Gasteiger partial charge is 0.189 e. The van der Waals surface area contributed by atoms with Crippen LogP contribution in [-0.2, 0) is 0 Å². The van der Waals surface area contributed by atoms with Crippen molar-refractivity contribution in [3.8, 4) is 5.69 Å². The van der Waals surface area contributed by atoms with E-state index in [1.165, 1.54) is 4.70 Å². The summed E-state index contributed by atoms with van der Waals surface area (Å²) in [5.41, 5.74) is 3.00. The van der Waals surface area contributed by atoms with Crippen molar-refractivity contribution in [1.29, 1.82) is 0 Å². The Bertz CT molecular complexity index is 891. The summed E-state index contributed by atoms with van der Waals surface area (Å²) in [5, 5.41) is 8.82. The maximum absolute atomic E-state index is 4.62. The predicted octanol–water partition coefficient (Wildman–Crippen LogP) is 4.53. The Labute approximate surface area is 132 Å². The van der Waals surface area contributed by atoms with Gasteiger partial charge in [0.2, 0.25) is 0 Å². The molecule has 0 atom stereocenters. The van der Waals surface area contributed by atoms with Gasteiger partial charge in [-0.25, -0.2) is 9.67 Å². The molecule has 0 aliphatic heterocycles. The molecule has 0 spiro atoms. The second-order valence-electron chi connectivity index (χ2n) is 5.03. The number of hydrogen-bond donors (Lipinski definition) is 1. The summed E-state index contributed by atoms with van der Waals surface area (Å²) in [6, 6.07) is 20.3. The lowest BCUT2D eigenvalue weighted by Gasteiger charge is -2.07. The van der Waals surface area contributed by atoms with Gasteiger partial charge in [0.25, 0.3) is 0 Å². The van der Waals surface area contributed by atoms with E-state index in [1.54, 1.807) is 11.3 Å². The van der Waals surface area contributed by atoms with Crippen molar-refractivity contribution in [1.82, 2.24) is 14.8 Å². The van der Waals surface area contributed by atoms with Crippen LogP contribution in [0.5, 0.6) is 0 Å². The van der Waals surface area contributed by atoms with Crippen LogP contribution < -0.4 is 5.32 Å². The third-order valence-corrected chi connectivity index (χ3v) is 4.31. The maximum atomic E-state index is 4.62. The van der Waals surface area contributed by atoms with Crippen LogP contribution in [0.15, 0.2) is 60.7 Å². The molecule has 2 aromatic heterocycles. The normalized spacial score (nSPS) is 11.0. The van der Waals surface area contributed by atoms with Crippen molar-refractivity contribution in [2.24, 2.45) is 0 Å². The van der Waals surface area contributed by atoms with Gasteiger partial charge < -0.3 is 5.32 Å². The fourth-order valence-corrected chi connectivity index (χ4v) is 3.26. The molecule has 22 heavy (non-hydrogen) atoms. The molecule has 0 unspecified atom stereocenters. The number of para-hydroxylation sites is 2. The van der Waals surface area contributed by atoms with E-state index in [9.17, 15) is 0 Å². The quantitative estimate of drug-likeness (QED) is 0.604. The molecule has 0 amide bonds. The highest BCUT2D eigenvalue weighted by Crippen LogP contribution is 2.29. The molecule has 4 nitrogen and oxygen atoms in total. The van der Waals surface area contributed by atoms with Crippen LogP contribution in [0.3, 0.4) is 0 Å². The summed E-state index contributed by atoms with van der Waals surface area (Å²) in [4.78, 5) is 4.62. The lowest BCUT2D eigenvalue weighted by atomic mass is 10.3. The van der Waals surface area contributed by atoms with Crippen LogP contribution in [0.25, 0.3) is 15.9 Å². The molecule has 0 aliphatic carbocycles. The molecular formula is C17H14N4S. The minimum atomic E-state index is 0.873. The molecule has 2 aromatic carbocycles. The Hall–Kier alpha value is -2.66. The van der Waals surface area contributed by atoms with Gasteiger partial charge in [0.05, 0.1) is 21.6 Å². The lowest BCUT2D eigenvalue weighted by molar-refractivity contribution is 0.869. The summed E-state index contributed by atoms with van der Waals surface area (Å²) in [5.74, 6) is 0.919. The van der Waals surface area contributed by atoms with E-state index >= 15 is 0 Å². The molecule has 1 N–H and O–H groups in total.